The molecule has 0 fully saturated rings. The van der Waals surface area contributed by atoms with E-state index in [-0.39, 0.29) is 36.3 Å². The lowest BCUT2D eigenvalue weighted by molar-refractivity contribution is -0.274. The molecule has 0 saturated carbocycles. The van der Waals surface area contributed by atoms with E-state index in [4.69, 9.17) is 9.15 Å². The highest BCUT2D eigenvalue weighted by atomic mass is 32.2. The Balaban J connectivity index is 1.30. The molecule has 38 heavy (non-hydrogen) atoms. The minimum atomic E-state index is -4.78. The molecule has 0 unspecified atom stereocenters. The summed E-state index contributed by atoms with van der Waals surface area (Å²) in [7, 11) is 3.96. The number of rotatable bonds is 14. The molecule has 3 rings (SSSR count). The van der Waals surface area contributed by atoms with Gasteiger partial charge in [-0.05, 0) is 50.5 Å². The van der Waals surface area contributed by atoms with Gasteiger partial charge in [0.05, 0.1) is 18.8 Å². The number of halogens is 3. The highest BCUT2D eigenvalue weighted by molar-refractivity contribution is 7.98. The summed E-state index contributed by atoms with van der Waals surface area (Å²) in [5.74, 6) is 2.29. The van der Waals surface area contributed by atoms with Crippen molar-refractivity contribution in [1.29, 1.82) is 0 Å². The number of hydrogen-bond acceptors (Lipinski definition) is 9. The number of furan rings is 1. The second kappa shape index (κ2) is 14.1. The fourth-order valence-corrected chi connectivity index (χ4v) is 4.47. The van der Waals surface area contributed by atoms with Gasteiger partial charge in [-0.1, -0.05) is 0 Å². The fraction of sp³-hybridized carbons (Fsp3) is 0.375. The first-order chi connectivity index (χ1) is 18.1. The van der Waals surface area contributed by atoms with Crippen LogP contribution in [-0.2, 0) is 23.6 Å². The summed E-state index contributed by atoms with van der Waals surface area (Å²) in [6, 6.07) is 8.62. The van der Waals surface area contributed by atoms with E-state index >= 15 is 0 Å². The van der Waals surface area contributed by atoms with Crippen molar-refractivity contribution in [3.8, 4) is 11.5 Å². The van der Waals surface area contributed by atoms with Gasteiger partial charge in [-0.3, -0.25) is 9.59 Å². The van der Waals surface area contributed by atoms with Gasteiger partial charge in [-0.15, -0.1) is 24.5 Å². The van der Waals surface area contributed by atoms with Crippen LogP contribution in [0.3, 0.4) is 0 Å². The summed E-state index contributed by atoms with van der Waals surface area (Å²) >= 11 is 2.88. The van der Waals surface area contributed by atoms with Crippen LogP contribution in [0.1, 0.15) is 27.0 Å². The van der Waals surface area contributed by atoms with Crippen molar-refractivity contribution >= 4 is 34.9 Å². The third-order valence-corrected chi connectivity index (χ3v) is 6.44. The largest absolute Gasteiger partial charge is 0.573 e. The second-order valence-electron chi connectivity index (χ2n) is 8.13. The minimum absolute atomic E-state index is 0.104. The standard InChI is InChI=1S/C24H27F3N4O5S2/c1-31(2)12-18-7-8-19(35-18)14-37-10-9-28-23(33)20-15-38-22(30-20)11-29-21(32)13-34-16-3-5-17(6-4-16)36-24(25,26)27/h3-8,15H,9-14H2,1-2H3,(H,28,33)(H,29,32). The number of hydrogen-bond donors (Lipinski definition) is 2. The van der Waals surface area contributed by atoms with Gasteiger partial charge in [-0.2, -0.15) is 11.8 Å². The van der Waals surface area contributed by atoms with E-state index < -0.39 is 12.3 Å². The topological polar surface area (TPSA) is 106 Å². The summed E-state index contributed by atoms with van der Waals surface area (Å²) in [6.45, 7) is 0.979. The third-order valence-electron chi connectivity index (χ3n) is 4.61. The number of nitrogens with one attached hydrogen (secondary N) is 2. The molecule has 0 aliphatic carbocycles. The Labute approximate surface area is 225 Å². The molecule has 1 aromatic carbocycles. The lowest BCUT2D eigenvalue weighted by Gasteiger charge is -2.10. The average Bonchev–Trinajstić information content (AvgIpc) is 3.50. The monoisotopic (exact) mass is 572 g/mol. The van der Waals surface area contributed by atoms with Gasteiger partial charge in [0.25, 0.3) is 11.8 Å². The zero-order chi connectivity index (χ0) is 27.5. The molecular weight excluding hydrogens is 545 g/mol. The number of alkyl halides is 3. The summed E-state index contributed by atoms with van der Waals surface area (Å²) in [4.78, 5) is 30.6. The van der Waals surface area contributed by atoms with Gasteiger partial charge in [0.15, 0.2) is 6.61 Å². The Morgan fingerprint density at radius 1 is 1.08 bits per heavy atom. The van der Waals surface area contributed by atoms with E-state index in [1.807, 2.05) is 31.1 Å². The Kier molecular flexibility index (Phi) is 10.9. The average molecular weight is 573 g/mol. The number of ether oxygens (including phenoxy) is 2. The Morgan fingerprint density at radius 2 is 1.79 bits per heavy atom. The van der Waals surface area contributed by atoms with Crippen LogP contribution in [0.25, 0.3) is 0 Å². The van der Waals surface area contributed by atoms with Crippen LogP contribution >= 0.6 is 23.1 Å². The van der Waals surface area contributed by atoms with E-state index in [1.165, 1.54) is 23.5 Å². The molecular formula is C24H27F3N4O5S2. The molecule has 2 aromatic heterocycles. The SMILES string of the molecule is CN(C)Cc1ccc(CSCCNC(=O)c2csc(CNC(=O)COc3ccc(OC(F)(F)F)cc3)n2)o1. The van der Waals surface area contributed by atoms with E-state index in [0.717, 1.165) is 30.2 Å². The molecule has 0 radical (unpaired) electrons. The first kappa shape index (κ1) is 29.3. The quantitative estimate of drug-likeness (QED) is 0.279. The molecule has 0 saturated heterocycles. The van der Waals surface area contributed by atoms with Crippen molar-refractivity contribution in [3.05, 3.63) is 64.0 Å². The smallest absolute Gasteiger partial charge is 0.484 e. The summed E-state index contributed by atoms with van der Waals surface area (Å²) in [6.07, 6.45) is -4.78. The number of aromatic nitrogens is 1. The second-order valence-corrected chi connectivity index (χ2v) is 10.2. The molecule has 2 amide bonds. The number of benzene rings is 1. The number of thioether (sulfide) groups is 1. The fourth-order valence-electron chi connectivity index (χ4n) is 3.00. The van der Waals surface area contributed by atoms with Crippen LogP contribution in [0.4, 0.5) is 13.2 Å². The molecule has 0 aliphatic heterocycles. The molecule has 0 atom stereocenters. The Morgan fingerprint density at radius 3 is 2.50 bits per heavy atom. The normalized spacial score (nSPS) is 11.4. The van der Waals surface area contributed by atoms with E-state index in [2.05, 4.69) is 20.4 Å². The van der Waals surface area contributed by atoms with Gasteiger partial charge in [0, 0.05) is 17.7 Å². The maximum absolute atomic E-state index is 12.3. The van der Waals surface area contributed by atoms with Crippen LogP contribution < -0.4 is 20.1 Å². The van der Waals surface area contributed by atoms with Crippen LogP contribution in [0, 0.1) is 0 Å². The maximum atomic E-state index is 12.3. The summed E-state index contributed by atoms with van der Waals surface area (Å²) < 4.78 is 51.4. The van der Waals surface area contributed by atoms with Crippen molar-refractivity contribution in [1.82, 2.24) is 20.5 Å². The van der Waals surface area contributed by atoms with E-state index in [0.29, 0.717) is 23.1 Å². The van der Waals surface area contributed by atoms with Gasteiger partial charge < -0.3 is 29.4 Å². The summed E-state index contributed by atoms with van der Waals surface area (Å²) in [5.41, 5.74) is 0.265. The molecule has 0 aliphatic rings. The highest BCUT2D eigenvalue weighted by Gasteiger charge is 2.31. The third kappa shape index (κ3) is 10.6. The molecule has 0 bridgehead atoms. The Hall–Kier alpha value is -3.23. The zero-order valence-corrected chi connectivity index (χ0v) is 22.3. The highest BCUT2D eigenvalue weighted by Crippen LogP contribution is 2.24. The molecule has 2 heterocycles. The van der Waals surface area contributed by atoms with Gasteiger partial charge >= 0.3 is 6.36 Å². The van der Waals surface area contributed by atoms with Crippen LogP contribution in [0.15, 0.2) is 46.2 Å². The van der Waals surface area contributed by atoms with Crippen molar-refractivity contribution in [2.24, 2.45) is 0 Å². The first-order valence-corrected chi connectivity index (χ1v) is 13.4. The van der Waals surface area contributed by atoms with Crippen LogP contribution in [0.5, 0.6) is 11.5 Å². The molecule has 206 valence electrons. The predicted octanol–water partition coefficient (Wildman–Crippen LogP) is 4.05. The van der Waals surface area contributed by atoms with Crippen molar-refractivity contribution in [2.45, 2.75) is 25.2 Å². The van der Waals surface area contributed by atoms with Crippen molar-refractivity contribution < 1.29 is 36.7 Å². The van der Waals surface area contributed by atoms with E-state index in [9.17, 15) is 22.8 Å². The number of carbonyl (C=O) groups excluding carboxylic acids is 2. The summed E-state index contributed by atoms with van der Waals surface area (Å²) in [5, 5.41) is 7.58. The molecule has 2 N–H and O–H groups in total. The maximum Gasteiger partial charge on any atom is 0.573 e. The molecule has 3 aromatic rings. The molecule has 9 nitrogen and oxygen atoms in total. The van der Waals surface area contributed by atoms with Gasteiger partial charge in [0.2, 0.25) is 0 Å². The van der Waals surface area contributed by atoms with Crippen LogP contribution in [-0.4, -0.2) is 61.1 Å². The van der Waals surface area contributed by atoms with Gasteiger partial charge in [0.1, 0.15) is 33.7 Å². The lowest BCUT2D eigenvalue weighted by atomic mass is 10.3. The number of amides is 2. The molecule has 14 heteroatoms. The number of thiazole rings is 1. The van der Waals surface area contributed by atoms with Crippen molar-refractivity contribution in [2.75, 3.05) is 33.0 Å². The van der Waals surface area contributed by atoms with Gasteiger partial charge in [-0.25, -0.2) is 4.98 Å². The Bertz CT molecular complexity index is 1180. The van der Waals surface area contributed by atoms with Crippen molar-refractivity contribution in [3.63, 3.8) is 0 Å². The minimum Gasteiger partial charge on any atom is -0.484 e. The predicted molar refractivity (Wildman–Crippen MR) is 137 cm³/mol. The number of carbonyl (C=O) groups is 2. The number of nitrogens with zero attached hydrogens (tertiary/aromatic N) is 2. The van der Waals surface area contributed by atoms with Crippen LogP contribution in [0.2, 0.25) is 0 Å². The zero-order valence-electron chi connectivity index (χ0n) is 20.7. The first-order valence-electron chi connectivity index (χ1n) is 11.4. The lowest BCUT2D eigenvalue weighted by Crippen LogP contribution is -2.28. The molecule has 0 spiro atoms. The van der Waals surface area contributed by atoms with E-state index in [1.54, 1.807) is 17.1 Å².